The largest absolute Gasteiger partial charge is 0.481 e. The SMILES string of the molecule is CS(=O)(=O)c1ccc(Cl)cc1CCC(=O)O. The molecular formula is C10H11ClO4S. The molecule has 88 valence electrons. The minimum atomic E-state index is -3.35. The fourth-order valence-corrected chi connectivity index (χ4v) is 2.49. The van der Waals surface area contributed by atoms with Gasteiger partial charge in [-0.3, -0.25) is 4.79 Å². The summed E-state index contributed by atoms with van der Waals surface area (Å²) >= 11 is 5.74. The van der Waals surface area contributed by atoms with E-state index < -0.39 is 15.8 Å². The summed E-state index contributed by atoms with van der Waals surface area (Å²) in [6.07, 6.45) is 1.11. The highest BCUT2D eigenvalue weighted by Crippen LogP contribution is 2.21. The molecule has 16 heavy (non-hydrogen) atoms. The zero-order valence-electron chi connectivity index (χ0n) is 8.60. The second-order valence-electron chi connectivity index (χ2n) is 3.42. The van der Waals surface area contributed by atoms with E-state index in [2.05, 4.69) is 0 Å². The molecule has 0 saturated carbocycles. The first-order chi connectivity index (χ1) is 7.30. The minimum absolute atomic E-state index is 0.122. The number of carbonyl (C=O) groups is 1. The molecule has 0 aliphatic carbocycles. The Kier molecular flexibility index (Phi) is 3.93. The number of rotatable bonds is 4. The zero-order valence-corrected chi connectivity index (χ0v) is 10.2. The summed E-state index contributed by atoms with van der Waals surface area (Å²) in [5, 5.41) is 8.95. The van der Waals surface area contributed by atoms with Crippen LogP contribution in [0.15, 0.2) is 23.1 Å². The van der Waals surface area contributed by atoms with Crippen molar-refractivity contribution in [3.63, 3.8) is 0 Å². The lowest BCUT2D eigenvalue weighted by Crippen LogP contribution is -2.05. The quantitative estimate of drug-likeness (QED) is 0.898. The van der Waals surface area contributed by atoms with Gasteiger partial charge in [-0.25, -0.2) is 8.42 Å². The fourth-order valence-electron chi connectivity index (χ4n) is 1.35. The van der Waals surface area contributed by atoms with E-state index in [4.69, 9.17) is 16.7 Å². The maximum Gasteiger partial charge on any atom is 0.303 e. The third kappa shape index (κ3) is 3.50. The molecule has 4 nitrogen and oxygen atoms in total. The Labute approximate surface area is 98.8 Å². The van der Waals surface area contributed by atoms with Crippen molar-refractivity contribution in [1.29, 1.82) is 0 Å². The molecule has 1 N–H and O–H groups in total. The molecule has 0 spiro atoms. The van der Waals surface area contributed by atoms with E-state index in [0.717, 1.165) is 6.26 Å². The van der Waals surface area contributed by atoms with E-state index in [9.17, 15) is 13.2 Å². The summed E-state index contributed by atoms with van der Waals surface area (Å²) < 4.78 is 22.8. The minimum Gasteiger partial charge on any atom is -0.481 e. The number of halogens is 1. The monoisotopic (exact) mass is 262 g/mol. The van der Waals surface area contributed by atoms with Gasteiger partial charge >= 0.3 is 5.97 Å². The van der Waals surface area contributed by atoms with Crippen molar-refractivity contribution in [3.05, 3.63) is 28.8 Å². The topological polar surface area (TPSA) is 71.4 Å². The Morgan fingerprint density at radius 1 is 1.44 bits per heavy atom. The van der Waals surface area contributed by atoms with Crippen LogP contribution in [0.25, 0.3) is 0 Å². The first kappa shape index (κ1) is 13.0. The molecule has 0 aromatic heterocycles. The van der Waals surface area contributed by atoms with E-state index >= 15 is 0 Å². The van der Waals surface area contributed by atoms with Crippen LogP contribution in [0.3, 0.4) is 0 Å². The molecule has 0 radical (unpaired) electrons. The molecule has 1 rings (SSSR count). The van der Waals surface area contributed by atoms with Crippen LogP contribution in [0.2, 0.25) is 5.02 Å². The standard InChI is InChI=1S/C10H11ClO4S/c1-16(14,15)9-4-3-8(11)6-7(9)2-5-10(12)13/h3-4,6H,2,5H2,1H3,(H,12,13). The van der Waals surface area contributed by atoms with Gasteiger partial charge in [-0.1, -0.05) is 11.6 Å². The molecule has 6 heteroatoms. The Balaban J connectivity index is 3.14. The number of carboxylic acids is 1. The molecule has 0 saturated heterocycles. The van der Waals surface area contributed by atoms with Gasteiger partial charge in [0.2, 0.25) is 0 Å². The summed E-state index contributed by atoms with van der Waals surface area (Å²) in [6, 6.07) is 4.36. The highest BCUT2D eigenvalue weighted by atomic mass is 35.5. The van der Waals surface area contributed by atoms with Gasteiger partial charge in [0, 0.05) is 17.7 Å². The predicted molar refractivity (Wildman–Crippen MR) is 60.5 cm³/mol. The van der Waals surface area contributed by atoms with Crippen LogP contribution in [0, 0.1) is 0 Å². The summed E-state index contributed by atoms with van der Waals surface area (Å²) in [5.74, 6) is -0.973. The van der Waals surface area contributed by atoms with Crippen molar-refractivity contribution in [1.82, 2.24) is 0 Å². The Morgan fingerprint density at radius 2 is 2.06 bits per heavy atom. The van der Waals surface area contributed by atoms with Crippen LogP contribution < -0.4 is 0 Å². The number of sulfone groups is 1. The first-order valence-corrected chi connectivity index (χ1v) is 6.78. The van der Waals surface area contributed by atoms with Crippen molar-refractivity contribution >= 4 is 27.4 Å². The Morgan fingerprint density at radius 3 is 2.56 bits per heavy atom. The summed E-state index contributed by atoms with van der Waals surface area (Å²) in [4.78, 5) is 10.6. The van der Waals surface area contributed by atoms with Gasteiger partial charge in [0.05, 0.1) is 4.90 Å². The zero-order chi connectivity index (χ0) is 12.3. The number of benzene rings is 1. The van der Waals surface area contributed by atoms with E-state index in [1.54, 1.807) is 0 Å². The Hall–Kier alpha value is -1.07. The van der Waals surface area contributed by atoms with Gasteiger partial charge in [-0.2, -0.15) is 0 Å². The van der Waals surface area contributed by atoms with E-state index in [1.807, 2.05) is 0 Å². The van der Waals surface area contributed by atoms with E-state index in [-0.39, 0.29) is 17.7 Å². The highest BCUT2D eigenvalue weighted by Gasteiger charge is 2.14. The molecule has 0 fully saturated rings. The van der Waals surface area contributed by atoms with Crippen molar-refractivity contribution in [2.45, 2.75) is 17.7 Å². The van der Waals surface area contributed by atoms with Gasteiger partial charge in [-0.05, 0) is 30.2 Å². The van der Waals surface area contributed by atoms with Gasteiger partial charge in [-0.15, -0.1) is 0 Å². The van der Waals surface area contributed by atoms with Gasteiger partial charge in [0.15, 0.2) is 9.84 Å². The van der Waals surface area contributed by atoms with E-state index in [1.165, 1.54) is 18.2 Å². The second kappa shape index (κ2) is 4.84. The summed E-state index contributed by atoms with van der Waals surface area (Å²) in [7, 11) is -3.35. The normalized spacial score (nSPS) is 11.4. The maximum absolute atomic E-state index is 11.4. The molecular weight excluding hydrogens is 252 g/mol. The maximum atomic E-state index is 11.4. The van der Waals surface area contributed by atoms with Gasteiger partial charge in [0.25, 0.3) is 0 Å². The van der Waals surface area contributed by atoms with Gasteiger partial charge < -0.3 is 5.11 Å². The summed E-state index contributed by atoms with van der Waals surface area (Å²) in [6.45, 7) is 0. The van der Waals surface area contributed by atoms with Gasteiger partial charge in [0.1, 0.15) is 0 Å². The van der Waals surface area contributed by atoms with Crippen molar-refractivity contribution < 1.29 is 18.3 Å². The number of aliphatic carboxylic acids is 1. The van der Waals surface area contributed by atoms with Crippen LogP contribution in [-0.2, 0) is 21.1 Å². The summed E-state index contributed by atoms with van der Waals surface area (Å²) in [5.41, 5.74) is 0.442. The number of carboxylic acid groups (broad SMARTS) is 1. The number of aryl methyl sites for hydroxylation is 1. The molecule has 0 atom stereocenters. The van der Waals surface area contributed by atoms with E-state index in [0.29, 0.717) is 10.6 Å². The van der Waals surface area contributed by atoms with Crippen molar-refractivity contribution in [2.24, 2.45) is 0 Å². The average molecular weight is 263 g/mol. The van der Waals surface area contributed by atoms with Crippen molar-refractivity contribution in [2.75, 3.05) is 6.26 Å². The third-order valence-corrected chi connectivity index (χ3v) is 3.46. The molecule has 0 bridgehead atoms. The lowest BCUT2D eigenvalue weighted by molar-refractivity contribution is -0.136. The number of hydrogen-bond acceptors (Lipinski definition) is 3. The predicted octanol–water partition coefficient (Wildman–Crippen LogP) is 1.76. The lowest BCUT2D eigenvalue weighted by atomic mass is 10.1. The molecule has 0 unspecified atom stereocenters. The first-order valence-electron chi connectivity index (χ1n) is 4.51. The molecule has 1 aromatic rings. The van der Waals surface area contributed by atoms with Crippen molar-refractivity contribution in [3.8, 4) is 0 Å². The van der Waals surface area contributed by atoms with Crippen LogP contribution in [0.1, 0.15) is 12.0 Å². The molecule has 0 amide bonds. The van der Waals surface area contributed by atoms with Crippen LogP contribution in [-0.4, -0.2) is 25.7 Å². The van der Waals surface area contributed by atoms with Crippen LogP contribution in [0.5, 0.6) is 0 Å². The molecule has 0 heterocycles. The average Bonchev–Trinajstić information content (AvgIpc) is 2.12. The highest BCUT2D eigenvalue weighted by molar-refractivity contribution is 7.90. The second-order valence-corrected chi connectivity index (χ2v) is 5.84. The number of hydrogen-bond donors (Lipinski definition) is 1. The lowest BCUT2D eigenvalue weighted by Gasteiger charge is -2.07. The third-order valence-electron chi connectivity index (χ3n) is 2.03. The Bertz CT molecular complexity index is 508. The fraction of sp³-hybridized carbons (Fsp3) is 0.300. The molecule has 0 aliphatic rings. The van der Waals surface area contributed by atoms with Crippen LogP contribution in [0.4, 0.5) is 0 Å². The smallest absolute Gasteiger partial charge is 0.303 e. The molecule has 0 aliphatic heterocycles. The van der Waals surface area contributed by atoms with Crippen LogP contribution >= 0.6 is 11.6 Å². The molecule has 1 aromatic carbocycles.